The lowest BCUT2D eigenvalue weighted by molar-refractivity contribution is 0.188. The average Bonchev–Trinajstić information content (AvgIpc) is 2.32. The molecule has 0 aliphatic carbocycles. The molecule has 0 atom stereocenters. The fourth-order valence-electron chi connectivity index (χ4n) is 2.03. The number of nitrogens with zero attached hydrogens (tertiary/aromatic N) is 2. The minimum Gasteiger partial charge on any atom is -0.295 e. The van der Waals surface area contributed by atoms with Gasteiger partial charge in [0.1, 0.15) is 0 Å². The van der Waals surface area contributed by atoms with E-state index in [0.29, 0.717) is 11.9 Å². The predicted octanol–water partition coefficient (Wildman–Crippen LogP) is 3.31. The Bertz CT molecular complexity index is 273. The maximum absolute atomic E-state index is 5.87. The molecule has 0 fully saturated rings. The molecule has 3 heteroatoms. The predicted molar refractivity (Wildman–Crippen MR) is 69.7 cm³/mol. The fraction of sp³-hybridized carbons (Fsp3) is 0.615. The summed E-state index contributed by atoms with van der Waals surface area (Å²) in [6.07, 6.45) is 6.05. The molecule has 0 saturated carbocycles. The van der Waals surface area contributed by atoms with Crippen molar-refractivity contribution in [2.45, 2.75) is 39.3 Å². The molecule has 90 valence electrons. The number of pyridine rings is 1. The molecule has 0 N–H and O–H groups in total. The summed E-state index contributed by atoms with van der Waals surface area (Å²) in [7, 11) is 0. The summed E-state index contributed by atoms with van der Waals surface area (Å²) in [4.78, 5) is 6.50. The minimum atomic E-state index is 0.631. The maximum atomic E-state index is 5.87. The molecule has 16 heavy (non-hydrogen) atoms. The Labute approximate surface area is 104 Å². The highest BCUT2D eigenvalue weighted by Gasteiger charge is 2.14. The van der Waals surface area contributed by atoms with Gasteiger partial charge < -0.3 is 0 Å². The molecule has 0 amide bonds. The lowest BCUT2D eigenvalue weighted by atomic mass is 10.1. The zero-order valence-electron chi connectivity index (χ0n) is 10.2. The van der Waals surface area contributed by atoms with Crippen LogP contribution in [0.3, 0.4) is 0 Å². The zero-order chi connectivity index (χ0) is 11.8. The van der Waals surface area contributed by atoms with Crippen molar-refractivity contribution in [1.82, 2.24) is 9.88 Å². The molecule has 0 saturated heterocycles. The highest BCUT2D eigenvalue weighted by Crippen LogP contribution is 2.13. The smallest absolute Gasteiger partial charge is 0.0351 e. The summed E-state index contributed by atoms with van der Waals surface area (Å²) < 4.78 is 0. The van der Waals surface area contributed by atoms with Gasteiger partial charge in [0.05, 0.1) is 0 Å². The molecule has 0 radical (unpaired) electrons. The first kappa shape index (κ1) is 13.5. The first-order valence-electron chi connectivity index (χ1n) is 6.00. The molecule has 0 unspecified atom stereocenters. The Morgan fingerprint density at radius 3 is 2.38 bits per heavy atom. The largest absolute Gasteiger partial charge is 0.295 e. The molecule has 1 aromatic rings. The van der Waals surface area contributed by atoms with Gasteiger partial charge in [0.15, 0.2) is 0 Å². The number of aromatic nitrogens is 1. The van der Waals surface area contributed by atoms with Gasteiger partial charge in [0, 0.05) is 37.4 Å². The third-order valence-corrected chi connectivity index (χ3v) is 3.13. The van der Waals surface area contributed by atoms with Gasteiger partial charge in [-0.2, -0.15) is 0 Å². The highest BCUT2D eigenvalue weighted by molar-refractivity contribution is 6.18. The van der Waals surface area contributed by atoms with Gasteiger partial charge in [0.2, 0.25) is 0 Å². The summed E-state index contributed by atoms with van der Waals surface area (Å²) in [5.74, 6) is 0.696. The molecule has 0 spiro atoms. The normalized spacial score (nSPS) is 11.3. The lowest BCUT2D eigenvalue weighted by Gasteiger charge is -2.29. The van der Waals surface area contributed by atoms with Crippen molar-refractivity contribution < 1.29 is 0 Å². The van der Waals surface area contributed by atoms with Crippen molar-refractivity contribution in [2.24, 2.45) is 0 Å². The van der Waals surface area contributed by atoms with Gasteiger partial charge in [-0.1, -0.05) is 13.8 Å². The summed E-state index contributed by atoms with van der Waals surface area (Å²) in [5.41, 5.74) is 1.31. The van der Waals surface area contributed by atoms with Crippen LogP contribution in [-0.2, 0) is 6.54 Å². The molecule has 1 rings (SSSR count). The zero-order valence-corrected chi connectivity index (χ0v) is 11.0. The van der Waals surface area contributed by atoms with Crippen molar-refractivity contribution in [2.75, 3.05) is 12.4 Å². The van der Waals surface area contributed by atoms with E-state index in [-0.39, 0.29) is 0 Å². The van der Waals surface area contributed by atoms with E-state index >= 15 is 0 Å². The Morgan fingerprint density at radius 1 is 1.25 bits per heavy atom. The molecule has 0 aliphatic rings. The molecule has 0 aromatic carbocycles. The number of hydrogen-bond donors (Lipinski definition) is 0. The van der Waals surface area contributed by atoms with Gasteiger partial charge in [-0.15, -0.1) is 11.6 Å². The Hall–Kier alpha value is -0.600. The van der Waals surface area contributed by atoms with Crippen LogP contribution in [0.2, 0.25) is 0 Å². The van der Waals surface area contributed by atoms with E-state index in [1.54, 1.807) is 0 Å². The Balaban J connectivity index is 2.63. The highest BCUT2D eigenvalue weighted by atomic mass is 35.5. The SMILES string of the molecule is CCC(CC)N(CCCl)Cc1ccncc1. The van der Waals surface area contributed by atoms with Crippen LogP contribution in [0, 0.1) is 0 Å². The van der Waals surface area contributed by atoms with Crippen LogP contribution in [0.1, 0.15) is 32.3 Å². The van der Waals surface area contributed by atoms with E-state index in [4.69, 9.17) is 11.6 Å². The Kier molecular flexibility index (Phi) is 6.43. The Morgan fingerprint density at radius 2 is 1.88 bits per heavy atom. The van der Waals surface area contributed by atoms with Crippen LogP contribution in [0.4, 0.5) is 0 Å². The summed E-state index contributed by atoms with van der Waals surface area (Å²) in [6, 6.07) is 4.78. The number of alkyl halides is 1. The van der Waals surface area contributed by atoms with Crippen LogP contribution in [0.25, 0.3) is 0 Å². The van der Waals surface area contributed by atoms with E-state index in [2.05, 4.69) is 35.9 Å². The first-order chi connectivity index (χ1) is 7.81. The van der Waals surface area contributed by atoms with Crippen LogP contribution in [0.15, 0.2) is 24.5 Å². The topological polar surface area (TPSA) is 16.1 Å². The number of hydrogen-bond acceptors (Lipinski definition) is 2. The molecule has 1 heterocycles. The van der Waals surface area contributed by atoms with Crippen LogP contribution in [-0.4, -0.2) is 28.4 Å². The number of rotatable bonds is 7. The molecule has 0 bridgehead atoms. The second-order valence-corrected chi connectivity index (χ2v) is 4.36. The lowest BCUT2D eigenvalue weighted by Crippen LogP contribution is -2.35. The minimum absolute atomic E-state index is 0.631. The quantitative estimate of drug-likeness (QED) is 0.680. The summed E-state index contributed by atoms with van der Waals surface area (Å²) in [6.45, 7) is 6.40. The van der Waals surface area contributed by atoms with Gasteiger partial charge in [-0.3, -0.25) is 9.88 Å². The number of halogens is 1. The van der Waals surface area contributed by atoms with Gasteiger partial charge >= 0.3 is 0 Å². The molecular weight excluding hydrogens is 220 g/mol. The van der Waals surface area contributed by atoms with Crippen molar-refractivity contribution in [3.63, 3.8) is 0 Å². The summed E-state index contributed by atoms with van der Waals surface area (Å²) >= 11 is 5.87. The molecule has 0 aliphatic heterocycles. The third-order valence-electron chi connectivity index (χ3n) is 2.97. The van der Waals surface area contributed by atoms with Crippen molar-refractivity contribution in [3.05, 3.63) is 30.1 Å². The van der Waals surface area contributed by atoms with Crippen molar-refractivity contribution in [3.8, 4) is 0 Å². The van der Waals surface area contributed by atoms with Crippen LogP contribution >= 0.6 is 11.6 Å². The van der Waals surface area contributed by atoms with Crippen LogP contribution in [0.5, 0.6) is 0 Å². The van der Waals surface area contributed by atoms with E-state index in [9.17, 15) is 0 Å². The van der Waals surface area contributed by atoms with E-state index in [1.165, 1.54) is 18.4 Å². The second kappa shape index (κ2) is 7.64. The van der Waals surface area contributed by atoms with E-state index in [1.807, 2.05) is 12.4 Å². The molecule has 1 aromatic heterocycles. The maximum Gasteiger partial charge on any atom is 0.0351 e. The van der Waals surface area contributed by atoms with Gasteiger partial charge in [-0.05, 0) is 30.5 Å². The van der Waals surface area contributed by atoms with Crippen molar-refractivity contribution in [1.29, 1.82) is 0 Å². The third kappa shape index (κ3) is 4.11. The first-order valence-corrected chi connectivity index (χ1v) is 6.54. The standard InChI is InChI=1S/C13H21ClN2/c1-3-13(4-2)16(10-7-14)11-12-5-8-15-9-6-12/h5-6,8-9,13H,3-4,7,10-11H2,1-2H3. The van der Waals surface area contributed by atoms with Gasteiger partial charge in [-0.25, -0.2) is 0 Å². The monoisotopic (exact) mass is 240 g/mol. The average molecular weight is 241 g/mol. The second-order valence-electron chi connectivity index (χ2n) is 3.99. The fourth-order valence-corrected chi connectivity index (χ4v) is 2.24. The van der Waals surface area contributed by atoms with Crippen molar-refractivity contribution >= 4 is 11.6 Å². The molecular formula is C13H21ClN2. The molecule has 2 nitrogen and oxygen atoms in total. The van der Waals surface area contributed by atoms with Crippen LogP contribution < -0.4 is 0 Å². The van der Waals surface area contributed by atoms with Gasteiger partial charge in [0.25, 0.3) is 0 Å². The van der Waals surface area contributed by atoms with E-state index in [0.717, 1.165) is 13.1 Å². The summed E-state index contributed by atoms with van der Waals surface area (Å²) in [5, 5.41) is 0. The van der Waals surface area contributed by atoms with E-state index < -0.39 is 0 Å².